The lowest BCUT2D eigenvalue weighted by Gasteiger charge is -2.32. The zero-order valence-electron chi connectivity index (χ0n) is 10.5. The van der Waals surface area contributed by atoms with Crippen LogP contribution in [0.2, 0.25) is 0 Å². The topological polar surface area (TPSA) is 24.5 Å². The minimum Gasteiger partial charge on any atom is -0.378 e. The van der Waals surface area contributed by atoms with Crippen molar-refractivity contribution in [1.82, 2.24) is 5.32 Å². The summed E-state index contributed by atoms with van der Waals surface area (Å²) in [7, 11) is 0. The van der Waals surface area contributed by atoms with Gasteiger partial charge in [0.25, 0.3) is 0 Å². The number of ether oxygens (including phenoxy) is 1. The van der Waals surface area contributed by atoms with Crippen molar-refractivity contribution in [3.63, 3.8) is 0 Å². The summed E-state index contributed by atoms with van der Waals surface area (Å²) in [6.45, 7) is 4.22. The lowest BCUT2D eigenvalue weighted by atomic mass is 10.0. The number of halogens is 1. The summed E-state index contributed by atoms with van der Waals surface area (Å²) >= 11 is 0. The van der Waals surface area contributed by atoms with E-state index in [2.05, 4.69) is 10.2 Å². The Kier molecular flexibility index (Phi) is 3.48. The van der Waals surface area contributed by atoms with E-state index in [1.54, 1.807) is 12.1 Å². The van der Waals surface area contributed by atoms with E-state index >= 15 is 0 Å². The maximum Gasteiger partial charge on any atom is 0.125 e. The normalized spacial score (nSPS) is 24.5. The van der Waals surface area contributed by atoms with Crippen molar-refractivity contribution in [1.29, 1.82) is 0 Å². The van der Waals surface area contributed by atoms with Crippen LogP contribution >= 0.6 is 0 Å². The molecule has 0 spiro atoms. The first kappa shape index (κ1) is 11.9. The third-order valence-corrected chi connectivity index (χ3v) is 3.78. The highest BCUT2D eigenvalue weighted by atomic mass is 19.1. The van der Waals surface area contributed by atoms with E-state index in [1.165, 1.54) is 12.0 Å². The van der Waals surface area contributed by atoms with Gasteiger partial charge in [0.05, 0.1) is 13.2 Å². The molecule has 2 aliphatic rings. The molecule has 1 unspecified atom stereocenters. The van der Waals surface area contributed by atoms with Crippen molar-refractivity contribution in [2.45, 2.75) is 18.9 Å². The summed E-state index contributed by atoms with van der Waals surface area (Å²) in [5.74, 6) is -0.154. The highest BCUT2D eigenvalue weighted by Crippen LogP contribution is 2.32. The number of anilines is 1. The summed E-state index contributed by atoms with van der Waals surface area (Å²) in [4.78, 5) is 2.24. The predicted molar refractivity (Wildman–Crippen MR) is 69.4 cm³/mol. The molecular formula is C14H19FN2O. The smallest absolute Gasteiger partial charge is 0.125 e. The molecule has 0 aromatic heterocycles. The van der Waals surface area contributed by atoms with Crippen LogP contribution in [0.25, 0.3) is 0 Å². The molecule has 0 amide bonds. The van der Waals surface area contributed by atoms with Gasteiger partial charge in [0.1, 0.15) is 5.82 Å². The lowest BCUT2D eigenvalue weighted by molar-refractivity contribution is 0.122. The Morgan fingerprint density at radius 2 is 2.11 bits per heavy atom. The van der Waals surface area contributed by atoms with Crippen molar-refractivity contribution in [2.75, 3.05) is 37.7 Å². The number of benzene rings is 1. The zero-order valence-corrected chi connectivity index (χ0v) is 10.5. The summed E-state index contributed by atoms with van der Waals surface area (Å²) in [6, 6.07) is 5.55. The summed E-state index contributed by atoms with van der Waals surface area (Å²) < 4.78 is 18.9. The molecule has 0 bridgehead atoms. The second-order valence-corrected chi connectivity index (χ2v) is 4.95. The maximum absolute atomic E-state index is 13.5. The molecule has 0 radical (unpaired) electrons. The maximum atomic E-state index is 13.5. The number of rotatable bonds is 2. The van der Waals surface area contributed by atoms with E-state index in [0.717, 1.165) is 45.0 Å². The molecule has 2 aliphatic heterocycles. The molecule has 3 nitrogen and oxygen atoms in total. The molecule has 18 heavy (non-hydrogen) atoms. The van der Waals surface area contributed by atoms with Crippen LogP contribution in [0.1, 0.15) is 24.4 Å². The van der Waals surface area contributed by atoms with Crippen LogP contribution < -0.4 is 10.2 Å². The quantitative estimate of drug-likeness (QED) is 0.870. The summed E-state index contributed by atoms with van der Waals surface area (Å²) in [5, 5.41) is 3.49. The number of hydrogen-bond donors (Lipinski definition) is 1. The van der Waals surface area contributed by atoms with Crippen LogP contribution in [-0.2, 0) is 4.74 Å². The van der Waals surface area contributed by atoms with Gasteiger partial charge >= 0.3 is 0 Å². The van der Waals surface area contributed by atoms with Gasteiger partial charge in [-0.15, -0.1) is 0 Å². The van der Waals surface area contributed by atoms with Crippen LogP contribution in [0.5, 0.6) is 0 Å². The Morgan fingerprint density at radius 3 is 2.83 bits per heavy atom. The lowest BCUT2D eigenvalue weighted by Crippen LogP contribution is -2.37. The van der Waals surface area contributed by atoms with Crippen molar-refractivity contribution < 1.29 is 9.13 Å². The van der Waals surface area contributed by atoms with Crippen molar-refractivity contribution in [3.8, 4) is 0 Å². The van der Waals surface area contributed by atoms with E-state index in [1.807, 2.05) is 6.07 Å². The largest absolute Gasteiger partial charge is 0.378 e. The fourth-order valence-electron chi connectivity index (χ4n) is 2.84. The Hall–Kier alpha value is -1.13. The number of morpholine rings is 1. The fourth-order valence-corrected chi connectivity index (χ4v) is 2.84. The van der Waals surface area contributed by atoms with Gasteiger partial charge < -0.3 is 15.0 Å². The minimum atomic E-state index is -0.154. The average molecular weight is 250 g/mol. The third kappa shape index (κ3) is 2.35. The van der Waals surface area contributed by atoms with Gasteiger partial charge in [-0.1, -0.05) is 6.07 Å². The zero-order chi connectivity index (χ0) is 12.4. The number of nitrogens with one attached hydrogen (secondary N) is 1. The molecule has 1 aromatic carbocycles. The monoisotopic (exact) mass is 250 g/mol. The Balaban J connectivity index is 1.91. The van der Waals surface area contributed by atoms with Gasteiger partial charge in [-0.05, 0) is 37.1 Å². The molecule has 3 rings (SSSR count). The van der Waals surface area contributed by atoms with Crippen molar-refractivity contribution in [2.24, 2.45) is 0 Å². The second-order valence-electron chi connectivity index (χ2n) is 4.95. The van der Waals surface area contributed by atoms with Crippen LogP contribution in [0.3, 0.4) is 0 Å². The van der Waals surface area contributed by atoms with E-state index < -0.39 is 0 Å². The highest BCUT2D eigenvalue weighted by Gasteiger charge is 2.23. The minimum absolute atomic E-state index is 0.154. The molecule has 2 fully saturated rings. The van der Waals surface area contributed by atoms with Crippen molar-refractivity contribution in [3.05, 3.63) is 29.6 Å². The summed E-state index contributed by atoms with van der Waals surface area (Å²) in [5.41, 5.74) is 2.27. The molecule has 1 atom stereocenters. The molecule has 0 aliphatic carbocycles. The van der Waals surface area contributed by atoms with E-state index in [9.17, 15) is 4.39 Å². The first-order valence-electron chi connectivity index (χ1n) is 6.70. The van der Waals surface area contributed by atoms with E-state index in [4.69, 9.17) is 4.74 Å². The molecule has 1 N–H and O–H groups in total. The molecule has 1 aromatic rings. The van der Waals surface area contributed by atoms with Gasteiger partial charge in [0, 0.05) is 24.8 Å². The number of hydrogen-bond acceptors (Lipinski definition) is 3. The predicted octanol–water partition coefficient (Wildman–Crippen LogP) is 2.09. The first-order valence-corrected chi connectivity index (χ1v) is 6.70. The van der Waals surface area contributed by atoms with Gasteiger partial charge in [0.2, 0.25) is 0 Å². The Labute approximate surface area is 107 Å². The average Bonchev–Trinajstić information content (AvgIpc) is 2.93. The SMILES string of the molecule is Fc1ccc(C2CCCN2)c(N2CCOCC2)c1. The van der Waals surface area contributed by atoms with Crippen LogP contribution in [0, 0.1) is 5.82 Å². The molecular weight excluding hydrogens is 231 g/mol. The molecule has 2 saturated heterocycles. The standard InChI is InChI=1S/C14H19FN2O/c15-11-3-4-12(13-2-1-5-16-13)14(10-11)17-6-8-18-9-7-17/h3-4,10,13,16H,1-2,5-9H2. The molecule has 2 heterocycles. The van der Waals surface area contributed by atoms with Gasteiger partial charge in [0.15, 0.2) is 0 Å². The first-order chi connectivity index (χ1) is 8.84. The van der Waals surface area contributed by atoms with Crippen LogP contribution in [-0.4, -0.2) is 32.8 Å². The second kappa shape index (κ2) is 5.24. The van der Waals surface area contributed by atoms with Crippen molar-refractivity contribution >= 4 is 5.69 Å². The Bertz CT molecular complexity index is 412. The van der Waals surface area contributed by atoms with Crippen LogP contribution in [0.15, 0.2) is 18.2 Å². The van der Waals surface area contributed by atoms with E-state index in [0.29, 0.717) is 6.04 Å². The molecule has 0 saturated carbocycles. The Morgan fingerprint density at radius 1 is 1.28 bits per heavy atom. The van der Waals surface area contributed by atoms with Gasteiger partial charge in [-0.2, -0.15) is 0 Å². The van der Waals surface area contributed by atoms with E-state index in [-0.39, 0.29) is 5.82 Å². The van der Waals surface area contributed by atoms with Gasteiger partial charge in [-0.3, -0.25) is 0 Å². The third-order valence-electron chi connectivity index (χ3n) is 3.78. The fraction of sp³-hybridized carbons (Fsp3) is 0.571. The summed E-state index contributed by atoms with van der Waals surface area (Å²) in [6.07, 6.45) is 2.34. The molecule has 98 valence electrons. The van der Waals surface area contributed by atoms with Gasteiger partial charge in [-0.25, -0.2) is 4.39 Å². The highest BCUT2D eigenvalue weighted by molar-refractivity contribution is 5.55. The number of nitrogens with zero attached hydrogens (tertiary/aromatic N) is 1. The van der Waals surface area contributed by atoms with Crippen LogP contribution in [0.4, 0.5) is 10.1 Å². The molecule has 4 heteroatoms.